The SMILES string of the molecule is COc1cc(C(=O)NNC(=O)CCSc2ccc(C)c(C)c2)ccc1OC(C)C. The van der Waals surface area contributed by atoms with Crippen LogP contribution in [0.5, 0.6) is 11.5 Å². The first-order valence-corrected chi connectivity index (χ1v) is 10.4. The highest BCUT2D eigenvalue weighted by Crippen LogP contribution is 2.29. The number of benzene rings is 2. The van der Waals surface area contributed by atoms with E-state index in [1.54, 1.807) is 30.0 Å². The van der Waals surface area contributed by atoms with Gasteiger partial charge in [0.1, 0.15) is 0 Å². The van der Waals surface area contributed by atoms with Crippen LogP contribution in [0, 0.1) is 13.8 Å². The van der Waals surface area contributed by atoms with Crippen LogP contribution in [0.2, 0.25) is 0 Å². The van der Waals surface area contributed by atoms with Crippen molar-refractivity contribution in [3.8, 4) is 11.5 Å². The number of rotatable bonds is 8. The molecule has 29 heavy (non-hydrogen) atoms. The van der Waals surface area contributed by atoms with E-state index in [9.17, 15) is 9.59 Å². The summed E-state index contributed by atoms with van der Waals surface area (Å²) in [5.74, 6) is 0.976. The van der Waals surface area contributed by atoms with Crippen molar-refractivity contribution in [2.24, 2.45) is 0 Å². The number of thioether (sulfide) groups is 1. The van der Waals surface area contributed by atoms with Crippen molar-refractivity contribution in [3.05, 3.63) is 53.1 Å². The number of methoxy groups -OCH3 is 1. The molecule has 0 atom stereocenters. The van der Waals surface area contributed by atoms with E-state index in [4.69, 9.17) is 9.47 Å². The molecule has 0 saturated carbocycles. The maximum atomic E-state index is 12.3. The van der Waals surface area contributed by atoms with Crippen molar-refractivity contribution in [2.75, 3.05) is 12.9 Å². The van der Waals surface area contributed by atoms with Gasteiger partial charge in [-0.1, -0.05) is 6.07 Å². The Balaban J connectivity index is 1.81. The van der Waals surface area contributed by atoms with E-state index in [-0.39, 0.29) is 12.0 Å². The molecule has 2 rings (SSSR count). The molecule has 0 aliphatic carbocycles. The van der Waals surface area contributed by atoms with E-state index in [1.165, 1.54) is 18.2 Å². The maximum Gasteiger partial charge on any atom is 0.269 e. The molecule has 2 amide bonds. The van der Waals surface area contributed by atoms with E-state index < -0.39 is 5.91 Å². The minimum Gasteiger partial charge on any atom is -0.493 e. The molecule has 0 bridgehead atoms. The van der Waals surface area contributed by atoms with Crippen LogP contribution in [0.1, 0.15) is 41.8 Å². The third-order valence-corrected chi connectivity index (χ3v) is 5.18. The third-order valence-electron chi connectivity index (χ3n) is 4.18. The lowest BCUT2D eigenvalue weighted by atomic mass is 10.1. The lowest BCUT2D eigenvalue weighted by Gasteiger charge is -2.14. The lowest BCUT2D eigenvalue weighted by Crippen LogP contribution is -2.41. The summed E-state index contributed by atoms with van der Waals surface area (Å²) in [5, 5.41) is 0. The van der Waals surface area contributed by atoms with Gasteiger partial charge in [0, 0.05) is 22.6 Å². The van der Waals surface area contributed by atoms with Gasteiger partial charge in [0.25, 0.3) is 5.91 Å². The number of nitrogens with one attached hydrogen (secondary N) is 2. The molecular weight excluding hydrogens is 388 g/mol. The molecule has 0 unspecified atom stereocenters. The average molecular weight is 417 g/mol. The van der Waals surface area contributed by atoms with Crippen LogP contribution >= 0.6 is 11.8 Å². The van der Waals surface area contributed by atoms with Crippen molar-refractivity contribution in [2.45, 2.75) is 45.1 Å². The van der Waals surface area contributed by atoms with Crippen molar-refractivity contribution >= 4 is 23.6 Å². The van der Waals surface area contributed by atoms with Gasteiger partial charge < -0.3 is 9.47 Å². The number of carbonyl (C=O) groups excluding carboxylic acids is 2. The van der Waals surface area contributed by atoms with E-state index >= 15 is 0 Å². The van der Waals surface area contributed by atoms with E-state index in [1.807, 2.05) is 19.9 Å². The van der Waals surface area contributed by atoms with Crippen LogP contribution in [0.4, 0.5) is 0 Å². The Hall–Kier alpha value is -2.67. The predicted octanol–water partition coefficient (Wildman–Crippen LogP) is 4.04. The largest absolute Gasteiger partial charge is 0.493 e. The zero-order valence-corrected chi connectivity index (χ0v) is 18.3. The minimum atomic E-state index is -0.422. The van der Waals surface area contributed by atoms with Crippen LogP contribution in [0.25, 0.3) is 0 Å². The van der Waals surface area contributed by atoms with E-state index in [0.29, 0.717) is 29.2 Å². The fourth-order valence-corrected chi connectivity index (χ4v) is 3.43. The molecule has 2 aromatic rings. The van der Waals surface area contributed by atoms with E-state index in [0.717, 1.165) is 4.90 Å². The second-order valence-corrected chi connectivity index (χ2v) is 8.05. The molecule has 0 aliphatic heterocycles. The van der Waals surface area contributed by atoms with Crippen LogP contribution in [-0.4, -0.2) is 30.8 Å². The Kier molecular flexibility index (Phi) is 8.39. The van der Waals surface area contributed by atoms with Crippen LogP contribution < -0.4 is 20.3 Å². The zero-order valence-electron chi connectivity index (χ0n) is 17.5. The summed E-state index contributed by atoms with van der Waals surface area (Å²) in [5.41, 5.74) is 7.72. The summed E-state index contributed by atoms with van der Waals surface area (Å²) in [6.45, 7) is 7.96. The Morgan fingerprint density at radius 3 is 2.41 bits per heavy atom. The molecule has 2 N–H and O–H groups in total. The van der Waals surface area contributed by atoms with Crippen molar-refractivity contribution in [1.29, 1.82) is 0 Å². The fourth-order valence-electron chi connectivity index (χ4n) is 2.49. The average Bonchev–Trinajstić information content (AvgIpc) is 2.68. The number of hydrazine groups is 1. The third kappa shape index (κ3) is 7.02. The van der Waals surface area contributed by atoms with Gasteiger partial charge in [-0.3, -0.25) is 20.4 Å². The normalized spacial score (nSPS) is 10.6. The molecule has 0 heterocycles. The summed E-state index contributed by atoms with van der Waals surface area (Å²) in [4.78, 5) is 25.4. The Morgan fingerprint density at radius 1 is 1.00 bits per heavy atom. The summed E-state index contributed by atoms with van der Waals surface area (Å²) >= 11 is 1.61. The smallest absolute Gasteiger partial charge is 0.269 e. The van der Waals surface area contributed by atoms with Gasteiger partial charge in [-0.15, -0.1) is 11.8 Å². The molecule has 0 saturated heterocycles. The molecule has 2 aromatic carbocycles. The van der Waals surface area contributed by atoms with Crippen LogP contribution in [-0.2, 0) is 4.79 Å². The highest BCUT2D eigenvalue weighted by molar-refractivity contribution is 7.99. The molecule has 0 fully saturated rings. The standard InChI is InChI=1S/C22H28N2O4S/c1-14(2)28-19-9-7-17(13-20(19)27-5)22(26)24-23-21(25)10-11-29-18-8-6-15(3)16(4)12-18/h6-9,12-14H,10-11H2,1-5H3,(H,23,25)(H,24,26). The quantitative estimate of drug-likeness (QED) is 0.502. The number of aryl methyl sites for hydroxylation is 2. The van der Waals surface area contributed by atoms with Crippen LogP contribution in [0.3, 0.4) is 0 Å². The number of carbonyl (C=O) groups is 2. The number of amides is 2. The number of ether oxygens (including phenoxy) is 2. The zero-order chi connectivity index (χ0) is 21.4. The fraction of sp³-hybridized carbons (Fsp3) is 0.364. The minimum absolute atomic E-state index is 0.00967. The molecular formula is C22H28N2O4S. The van der Waals surface area contributed by atoms with Gasteiger partial charge in [0.15, 0.2) is 11.5 Å². The molecule has 0 radical (unpaired) electrons. The van der Waals surface area contributed by atoms with Gasteiger partial charge in [-0.25, -0.2) is 0 Å². The highest BCUT2D eigenvalue weighted by Gasteiger charge is 2.13. The predicted molar refractivity (Wildman–Crippen MR) is 116 cm³/mol. The lowest BCUT2D eigenvalue weighted by molar-refractivity contribution is -0.121. The second kappa shape index (κ2) is 10.8. The second-order valence-electron chi connectivity index (χ2n) is 6.88. The monoisotopic (exact) mass is 416 g/mol. The molecule has 0 spiro atoms. The first-order valence-electron chi connectivity index (χ1n) is 9.44. The summed E-state index contributed by atoms with van der Waals surface area (Å²) in [6, 6.07) is 11.1. The Bertz CT molecular complexity index is 868. The molecule has 156 valence electrons. The Labute approximate surface area is 176 Å². The Morgan fingerprint density at radius 2 is 1.76 bits per heavy atom. The maximum absolute atomic E-state index is 12.3. The van der Waals surface area contributed by atoms with Gasteiger partial charge in [0.2, 0.25) is 5.91 Å². The van der Waals surface area contributed by atoms with Crippen molar-refractivity contribution in [1.82, 2.24) is 10.9 Å². The molecule has 6 nitrogen and oxygen atoms in total. The molecule has 7 heteroatoms. The van der Waals surface area contributed by atoms with Crippen molar-refractivity contribution < 1.29 is 19.1 Å². The van der Waals surface area contributed by atoms with Gasteiger partial charge in [-0.2, -0.15) is 0 Å². The van der Waals surface area contributed by atoms with Gasteiger partial charge in [-0.05, 0) is 69.2 Å². The first-order chi connectivity index (χ1) is 13.8. The first kappa shape index (κ1) is 22.6. The number of hydrogen-bond donors (Lipinski definition) is 2. The van der Waals surface area contributed by atoms with Gasteiger partial charge >= 0.3 is 0 Å². The summed E-state index contributed by atoms with van der Waals surface area (Å²) in [6.07, 6.45) is 0.284. The number of hydrogen-bond acceptors (Lipinski definition) is 5. The molecule has 0 aliphatic rings. The van der Waals surface area contributed by atoms with Crippen LogP contribution in [0.15, 0.2) is 41.3 Å². The summed E-state index contributed by atoms with van der Waals surface area (Å²) in [7, 11) is 1.51. The van der Waals surface area contributed by atoms with E-state index in [2.05, 4.69) is 36.8 Å². The summed E-state index contributed by atoms with van der Waals surface area (Å²) < 4.78 is 10.9. The van der Waals surface area contributed by atoms with Gasteiger partial charge in [0.05, 0.1) is 13.2 Å². The topological polar surface area (TPSA) is 76.7 Å². The molecule has 0 aromatic heterocycles. The highest BCUT2D eigenvalue weighted by atomic mass is 32.2. The van der Waals surface area contributed by atoms with Crippen molar-refractivity contribution in [3.63, 3.8) is 0 Å².